The number of hydrogen-bond acceptors (Lipinski definition) is 6. The molecule has 21 heavy (non-hydrogen) atoms. The average Bonchev–Trinajstić information content (AvgIpc) is 3.00. The van der Waals surface area contributed by atoms with Gasteiger partial charge in [-0.3, -0.25) is 14.5 Å². The predicted octanol–water partition coefficient (Wildman–Crippen LogP) is 0.783. The summed E-state index contributed by atoms with van der Waals surface area (Å²) in [4.78, 5) is 28.0. The zero-order valence-corrected chi connectivity index (χ0v) is 12.5. The smallest absolute Gasteiger partial charge is 0.309 e. The molecule has 9 heteroatoms. The zero-order valence-electron chi connectivity index (χ0n) is 11.7. The van der Waals surface area contributed by atoms with Crippen molar-refractivity contribution in [3.63, 3.8) is 0 Å². The predicted molar refractivity (Wildman–Crippen MR) is 76.3 cm³/mol. The van der Waals surface area contributed by atoms with Gasteiger partial charge in [-0.05, 0) is 6.92 Å². The van der Waals surface area contributed by atoms with Crippen molar-refractivity contribution in [1.82, 2.24) is 20.0 Å². The fourth-order valence-corrected chi connectivity index (χ4v) is 2.73. The fourth-order valence-electron chi connectivity index (χ4n) is 1.80. The topological polar surface area (TPSA) is 101 Å². The van der Waals surface area contributed by atoms with Crippen molar-refractivity contribution < 1.29 is 14.7 Å². The van der Waals surface area contributed by atoms with E-state index in [4.69, 9.17) is 5.11 Å². The minimum atomic E-state index is -0.946. The molecule has 1 N–H and O–H groups in total. The van der Waals surface area contributed by atoms with Crippen LogP contribution in [-0.4, -0.2) is 43.5 Å². The van der Waals surface area contributed by atoms with Crippen LogP contribution in [0, 0.1) is 0 Å². The van der Waals surface area contributed by atoms with E-state index in [1.165, 1.54) is 22.9 Å². The van der Waals surface area contributed by atoms with E-state index in [2.05, 4.69) is 15.3 Å². The number of aliphatic carboxylic acids is 1. The van der Waals surface area contributed by atoms with Gasteiger partial charge in [-0.1, -0.05) is 5.21 Å². The van der Waals surface area contributed by atoms with Gasteiger partial charge in [0, 0.05) is 25.0 Å². The fraction of sp³-hybridized carbons (Fsp3) is 0.417. The molecule has 8 nitrogen and oxygen atoms in total. The molecule has 0 saturated carbocycles. The van der Waals surface area contributed by atoms with Crippen LogP contribution in [-0.2, 0) is 22.6 Å². The lowest BCUT2D eigenvalue weighted by Crippen LogP contribution is -2.27. The number of carboxylic acid groups (broad SMARTS) is 1. The molecule has 0 spiro atoms. The molecule has 0 aromatic carbocycles. The molecule has 0 atom stereocenters. The highest BCUT2D eigenvalue weighted by atomic mass is 32.1. The quantitative estimate of drug-likeness (QED) is 0.846. The van der Waals surface area contributed by atoms with Gasteiger partial charge in [0.25, 0.3) is 0 Å². The number of carbonyl (C=O) groups excluding carboxylic acids is 1. The number of thiazole rings is 1. The van der Waals surface area contributed by atoms with Gasteiger partial charge in [-0.25, -0.2) is 9.67 Å². The summed E-state index contributed by atoms with van der Waals surface area (Å²) >= 11 is 1.39. The molecule has 0 fully saturated rings. The average molecular weight is 309 g/mol. The number of amides is 1. The van der Waals surface area contributed by atoms with E-state index in [-0.39, 0.29) is 12.3 Å². The lowest BCUT2D eigenvalue weighted by molar-refractivity contribution is -0.136. The molecule has 2 aromatic heterocycles. The number of hydrogen-bond donors (Lipinski definition) is 1. The van der Waals surface area contributed by atoms with Crippen molar-refractivity contribution in [3.8, 4) is 0 Å². The Kier molecular flexibility index (Phi) is 4.63. The van der Waals surface area contributed by atoms with Gasteiger partial charge in [-0.2, -0.15) is 0 Å². The van der Waals surface area contributed by atoms with Gasteiger partial charge in [0.2, 0.25) is 5.91 Å². The van der Waals surface area contributed by atoms with Crippen LogP contribution < -0.4 is 4.90 Å². The monoisotopic (exact) mass is 309 g/mol. The molecule has 2 rings (SSSR count). The van der Waals surface area contributed by atoms with Crippen LogP contribution in [0.5, 0.6) is 0 Å². The van der Waals surface area contributed by atoms with Crippen LogP contribution in [0.4, 0.5) is 5.13 Å². The lowest BCUT2D eigenvalue weighted by atomic mass is 10.3. The summed E-state index contributed by atoms with van der Waals surface area (Å²) < 4.78 is 1.53. The molecule has 0 saturated heterocycles. The van der Waals surface area contributed by atoms with E-state index >= 15 is 0 Å². The number of rotatable bonds is 6. The number of nitrogens with zero attached hydrogens (tertiary/aromatic N) is 5. The molecule has 2 heterocycles. The zero-order chi connectivity index (χ0) is 15.4. The van der Waals surface area contributed by atoms with Crippen LogP contribution in [0.25, 0.3) is 0 Å². The summed E-state index contributed by atoms with van der Waals surface area (Å²) in [5.74, 6) is -0.999. The summed E-state index contributed by atoms with van der Waals surface area (Å²) in [5, 5.41) is 18.8. The molecule has 0 aliphatic carbocycles. The molecule has 1 amide bonds. The van der Waals surface area contributed by atoms with Crippen molar-refractivity contribution >= 4 is 28.3 Å². The van der Waals surface area contributed by atoms with Crippen molar-refractivity contribution in [2.75, 3.05) is 11.4 Å². The summed E-state index contributed by atoms with van der Waals surface area (Å²) in [5.41, 5.74) is 1.15. The van der Waals surface area contributed by atoms with Crippen LogP contribution >= 0.6 is 11.3 Å². The van der Waals surface area contributed by atoms with Crippen LogP contribution in [0.1, 0.15) is 25.2 Å². The minimum Gasteiger partial charge on any atom is -0.481 e. The molecule has 112 valence electrons. The SMILES string of the molecule is CCN(C(C)=O)c1nc(Cn2cc(CC(=O)O)nn2)cs1. The van der Waals surface area contributed by atoms with Gasteiger partial charge in [-0.15, -0.1) is 16.4 Å². The second-order valence-corrected chi connectivity index (χ2v) is 5.20. The standard InChI is InChI=1S/C12H15N5O3S/c1-3-17(8(2)18)12-13-10(7-21-12)6-16-5-9(14-15-16)4-11(19)20/h5,7H,3-4,6H2,1-2H3,(H,19,20). The van der Waals surface area contributed by atoms with E-state index in [1.807, 2.05) is 12.3 Å². The first-order valence-electron chi connectivity index (χ1n) is 6.33. The Balaban J connectivity index is 2.07. The summed E-state index contributed by atoms with van der Waals surface area (Å²) in [7, 11) is 0. The van der Waals surface area contributed by atoms with Gasteiger partial charge < -0.3 is 5.11 Å². The number of carbonyl (C=O) groups is 2. The van der Waals surface area contributed by atoms with Crippen molar-refractivity contribution in [3.05, 3.63) is 23.0 Å². The number of aromatic nitrogens is 4. The largest absolute Gasteiger partial charge is 0.481 e. The van der Waals surface area contributed by atoms with Gasteiger partial charge in [0.15, 0.2) is 5.13 Å². The molecule has 0 aliphatic rings. The molecular formula is C12H15N5O3S. The van der Waals surface area contributed by atoms with E-state index in [0.29, 0.717) is 23.9 Å². The van der Waals surface area contributed by atoms with Crippen LogP contribution in [0.2, 0.25) is 0 Å². The number of carboxylic acids is 1. The third-order valence-electron chi connectivity index (χ3n) is 2.71. The van der Waals surface area contributed by atoms with E-state index in [9.17, 15) is 9.59 Å². The molecule has 0 aliphatic heterocycles. The summed E-state index contributed by atoms with van der Waals surface area (Å²) in [6.45, 7) is 4.34. The second kappa shape index (κ2) is 6.44. The summed E-state index contributed by atoms with van der Waals surface area (Å²) in [6.07, 6.45) is 1.42. The Hall–Kier alpha value is -2.29. The Bertz CT molecular complexity index is 651. The second-order valence-electron chi connectivity index (χ2n) is 4.36. The van der Waals surface area contributed by atoms with E-state index in [0.717, 1.165) is 5.69 Å². The first kappa shape index (κ1) is 15.1. The van der Waals surface area contributed by atoms with Crippen LogP contribution in [0.15, 0.2) is 11.6 Å². The highest BCUT2D eigenvalue weighted by Gasteiger charge is 2.14. The molecular weight excluding hydrogens is 294 g/mol. The maximum Gasteiger partial charge on any atom is 0.309 e. The van der Waals surface area contributed by atoms with Crippen molar-refractivity contribution in [2.24, 2.45) is 0 Å². The Morgan fingerprint density at radius 3 is 2.81 bits per heavy atom. The van der Waals surface area contributed by atoms with Gasteiger partial charge in [0.1, 0.15) is 0 Å². The lowest BCUT2D eigenvalue weighted by Gasteiger charge is -2.14. The van der Waals surface area contributed by atoms with Gasteiger partial charge >= 0.3 is 5.97 Å². The van der Waals surface area contributed by atoms with E-state index in [1.54, 1.807) is 11.1 Å². The van der Waals surface area contributed by atoms with Gasteiger partial charge in [0.05, 0.1) is 24.4 Å². The maximum atomic E-state index is 11.5. The van der Waals surface area contributed by atoms with Crippen LogP contribution in [0.3, 0.4) is 0 Å². The first-order chi connectivity index (χ1) is 9.99. The highest BCUT2D eigenvalue weighted by Crippen LogP contribution is 2.21. The first-order valence-corrected chi connectivity index (χ1v) is 7.21. The number of anilines is 1. The molecule has 0 radical (unpaired) electrons. The van der Waals surface area contributed by atoms with Crippen molar-refractivity contribution in [1.29, 1.82) is 0 Å². The molecule has 2 aromatic rings. The molecule has 0 unspecified atom stereocenters. The normalized spacial score (nSPS) is 10.6. The summed E-state index contributed by atoms with van der Waals surface area (Å²) in [6, 6.07) is 0. The molecule has 0 bridgehead atoms. The Labute approximate surface area is 125 Å². The third kappa shape index (κ3) is 3.85. The van der Waals surface area contributed by atoms with E-state index < -0.39 is 5.97 Å². The maximum absolute atomic E-state index is 11.5. The Morgan fingerprint density at radius 2 is 2.19 bits per heavy atom. The highest BCUT2D eigenvalue weighted by molar-refractivity contribution is 7.14. The minimum absolute atomic E-state index is 0.0529. The van der Waals surface area contributed by atoms with Crippen molar-refractivity contribution in [2.45, 2.75) is 26.8 Å². The third-order valence-corrected chi connectivity index (χ3v) is 3.62. The Morgan fingerprint density at radius 1 is 1.43 bits per heavy atom.